The van der Waals surface area contributed by atoms with E-state index in [1.54, 1.807) is 46.5 Å². The summed E-state index contributed by atoms with van der Waals surface area (Å²) in [5.74, 6) is -0.00364. The predicted octanol–water partition coefficient (Wildman–Crippen LogP) is 3.78. The molecule has 0 spiro atoms. The summed E-state index contributed by atoms with van der Waals surface area (Å²) in [5, 5.41) is 8.98. The van der Waals surface area contributed by atoms with Crippen LogP contribution in [0.25, 0.3) is 6.08 Å². The third kappa shape index (κ3) is 4.14. The number of anilines is 1. The summed E-state index contributed by atoms with van der Waals surface area (Å²) in [6.45, 7) is 0.605. The van der Waals surface area contributed by atoms with E-state index in [1.807, 2.05) is 17.5 Å². The SMILES string of the molecule is O=C(/C=C/c1cccc(F)c1)Nc1ccnn1Cc1cccs1. The van der Waals surface area contributed by atoms with Crippen molar-refractivity contribution in [1.29, 1.82) is 0 Å². The van der Waals surface area contributed by atoms with Gasteiger partial charge in [0.05, 0.1) is 12.7 Å². The van der Waals surface area contributed by atoms with Gasteiger partial charge >= 0.3 is 0 Å². The summed E-state index contributed by atoms with van der Waals surface area (Å²) >= 11 is 1.63. The van der Waals surface area contributed by atoms with E-state index in [0.717, 1.165) is 4.88 Å². The van der Waals surface area contributed by atoms with Crippen LogP contribution in [0.1, 0.15) is 10.4 Å². The molecule has 0 aliphatic carbocycles. The lowest BCUT2D eigenvalue weighted by atomic mass is 10.2. The van der Waals surface area contributed by atoms with E-state index in [2.05, 4.69) is 10.4 Å². The lowest BCUT2D eigenvalue weighted by Crippen LogP contribution is -2.13. The van der Waals surface area contributed by atoms with Crippen LogP contribution >= 0.6 is 11.3 Å². The molecule has 0 saturated carbocycles. The minimum atomic E-state index is -0.332. The van der Waals surface area contributed by atoms with Gasteiger partial charge in [-0.1, -0.05) is 18.2 Å². The molecule has 0 unspecified atom stereocenters. The van der Waals surface area contributed by atoms with Gasteiger partial charge in [-0.2, -0.15) is 5.10 Å². The maximum atomic E-state index is 13.1. The number of carbonyl (C=O) groups excluding carboxylic acids is 1. The third-order valence-electron chi connectivity index (χ3n) is 3.13. The summed E-state index contributed by atoms with van der Waals surface area (Å²) in [6, 6.07) is 11.8. The molecule has 2 heterocycles. The van der Waals surface area contributed by atoms with Crippen LogP contribution in [0.4, 0.5) is 10.2 Å². The number of hydrogen-bond acceptors (Lipinski definition) is 3. The average Bonchev–Trinajstić information content (AvgIpc) is 3.19. The predicted molar refractivity (Wildman–Crippen MR) is 89.7 cm³/mol. The monoisotopic (exact) mass is 327 g/mol. The van der Waals surface area contributed by atoms with Crippen molar-refractivity contribution in [2.45, 2.75) is 6.54 Å². The van der Waals surface area contributed by atoms with Crippen molar-refractivity contribution in [2.24, 2.45) is 0 Å². The van der Waals surface area contributed by atoms with Crippen molar-refractivity contribution in [3.8, 4) is 0 Å². The molecule has 3 rings (SSSR count). The van der Waals surface area contributed by atoms with Gasteiger partial charge in [0.2, 0.25) is 5.91 Å². The van der Waals surface area contributed by atoms with Crippen molar-refractivity contribution in [3.05, 3.63) is 76.4 Å². The molecule has 0 atom stereocenters. The molecule has 3 aromatic rings. The van der Waals surface area contributed by atoms with Crippen molar-refractivity contribution in [1.82, 2.24) is 9.78 Å². The summed E-state index contributed by atoms with van der Waals surface area (Å²) < 4.78 is 14.8. The van der Waals surface area contributed by atoms with Crippen molar-refractivity contribution in [2.75, 3.05) is 5.32 Å². The molecule has 2 aromatic heterocycles. The number of amides is 1. The van der Waals surface area contributed by atoms with Crippen LogP contribution in [0.5, 0.6) is 0 Å². The van der Waals surface area contributed by atoms with Gasteiger partial charge < -0.3 is 5.32 Å². The first-order valence-corrected chi connectivity index (χ1v) is 7.87. The second-order valence-electron chi connectivity index (χ2n) is 4.83. The van der Waals surface area contributed by atoms with Gasteiger partial charge in [-0.15, -0.1) is 11.3 Å². The number of rotatable bonds is 5. The van der Waals surface area contributed by atoms with E-state index < -0.39 is 0 Å². The topological polar surface area (TPSA) is 46.9 Å². The average molecular weight is 327 g/mol. The molecular formula is C17H14FN3OS. The second-order valence-corrected chi connectivity index (χ2v) is 5.86. The van der Waals surface area contributed by atoms with Crippen LogP contribution in [0.3, 0.4) is 0 Å². The molecule has 1 aromatic carbocycles. The van der Waals surface area contributed by atoms with Crippen LogP contribution in [0, 0.1) is 5.82 Å². The fourth-order valence-electron chi connectivity index (χ4n) is 2.07. The first-order valence-electron chi connectivity index (χ1n) is 6.99. The summed E-state index contributed by atoms with van der Waals surface area (Å²) in [7, 11) is 0. The van der Waals surface area contributed by atoms with Crippen LogP contribution in [0.15, 0.2) is 60.1 Å². The molecule has 0 aliphatic heterocycles. The lowest BCUT2D eigenvalue weighted by Gasteiger charge is -2.06. The van der Waals surface area contributed by atoms with Crippen molar-refractivity contribution < 1.29 is 9.18 Å². The number of halogens is 1. The molecule has 116 valence electrons. The first-order chi connectivity index (χ1) is 11.2. The fourth-order valence-corrected chi connectivity index (χ4v) is 2.75. The number of hydrogen-bond donors (Lipinski definition) is 1. The largest absolute Gasteiger partial charge is 0.307 e. The molecule has 4 nitrogen and oxygen atoms in total. The molecule has 6 heteroatoms. The quantitative estimate of drug-likeness (QED) is 0.725. The van der Waals surface area contributed by atoms with Gasteiger partial charge in [-0.25, -0.2) is 9.07 Å². The van der Waals surface area contributed by atoms with Crippen LogP contribution in [0.2, 0.25) is 0 Å². The Morgan fingerprint density at radius 3 is 3.00 bits per heavy atom. The Morgan fingerprint density at radius 1 is 1.30 bits per heavy atom. The zero-order chi connectivity index (χ0) is 16.1. The van der Waals surface area contributed by atoms with E-state index in [-0.39, 0.29) is 11.7 Å². The van der Waals surface area contributed by atoms with Crippen molar-refractivity contribution >= 4 is 29.1 Å². The van der Waals surface area contributed by atoms with Gasteiger partial charge in [0, 0.05) is 17.0 Å². The Hall–Kier alpha value is -2.73. The number of aromatic nitrogens is 2. The fraction of sp³-hybridized carbons (Fsp3) is 0.0588. The maximum Gasteiger partial charge on any atom is 0.249 e. The van der Waals surface area contributed by atoms with Gasteiger partial charge in [0.15, 0.2) is 0 Å². The lowest BCUT2D eigenvalue weighted by molar-refractivity contribution is -0.111. The van der Waals surface area contributed by atoms with Gasteiger partial charge in [0.1, 0.15) is 11.6 Å². The summed E-state index contributed by atoms with van der Waals surface area (Å²) in [6.07, 6.45) is 4.58. The van der Waals surface area contributed by atoms with Crippen molar-refractivity contribution in [3.63, 3.8) is 0 Å². The van der Waals surface area contributed by atoms with Gasteiger partial charge in [-0.05, 0) is 35.2 Å². The Morgan fingerprint density at radius 2 is 2.22 bits per heavy atom. The Labute approximate surface area is 136 Å². The van der Waals surface area contributed by atoms with E-state index in [9.17, 15) is 9.18 Å². The summed E-state index contributed by atoms with van der Waals surface area (Å²) in [5.41, 5.74) is 0.632. The molecule has 1 amide bonds. The maximum absolute atomic E-state index is 13.1. The Balaban J connectivity index is 1.65. The molecule has 1 N–H and O–H groups in total. The van der Waals surface area contributed by atoms with Crippen LogP contribution in [-0.4, -0.2) is 15.7 Å². The zero-order valence-corrected chi connectivity index (χ0v) is 13.0. The normalized spacial score (nSPS) is 11.0. The van der Waals surface area contributed by atoms with E-state index >= 15 is 0 Å². The Kier molecular flexibility index (Phi) is 4.63. The number of thiophene rings is 1. The minimum absolute atomic E-state index is 0.290. The van der Waals surface area contributed by atoms with Gasteiger partial charge in [0.25, 0.3) is 0 Å². The highest BCUT2D eigenvalue weighted by Gasteiger charge is 2.06. The minimum Gasteiger partial charge on any atom is -0.307 e. The van der Waals surface area contributed by atoms with Gasteiger partial charge in [-0.3, -0.25) is 4.79 Å². The van der Waals surface area contributed by atoms with E-state index in [1.165, 1.54) is 18.2 Å². The molecule has 0 radical (unpaired) electrons. The molecule has 0 fully saturated rings. The highest BCUT2D eigenvalue weighted by molar-refractivity contribution is 7.09. The smallest absolute Gasteiger partial charge is 0.249 e. The number of nitrogens with zero attached hydrogens (tertiary/aromatic N) is 2. The number of carbonyl (C=O) groups is 1. The van der Waals surface area contributed by atoms with Crippen LogP contribution < -0.4 is 5.32 Å². The standard InChI is InChI=1S/C17H14FN3OS/c18-14-4-1-3-13(11-14)6-7-17(22)20-16-8-9-19-21(16)12-15-5-2-10-23-15/h1-11H,12H2,(H,20,22)/b7-6+. The first kappa shape index (κ1) is 15.2. The highest BCUT2D eigenvalue weighted by atomic mass is 32.1. The second kappa shape index (κ2) is 7.02. The van der Waals surface area contributed by atoms with E-state index in [0.29, 0.717) is 17.9 Å². The summed E-state index contributed by atoms with van der Waals surface area (Å²) in [4.78, 5) is 13.1. The highest BCUT2D eigenvalue weighted by Crippen LogP contribution is 2.14. The molecule has 0 saturated heterocycles. The van der Waals surface area contributed by atoms with Crippen LogP contribution in [-0.2, 0) is 11.3 Å². The molecule has 0 aliphatic rings. The number of benzene rings is 1. The molecular weight excluding hydrogens is 313 g/mol. The zero-order valence-electron chi connectivity index (χ0n) is 12.1. The molecule has 0 bridgehead atoms. The Bertz CT molecular complexity index is 824. The third-order valence-corrected chi connectivity index (χ3v) is 3.99. The molecule has 23 heavy (non-hydrogen) atoms. The number of nitrogens with one attached hydrogen (secondary N) is 1. The van der Waals surface area contributed by atoms with E-state index in [4.69, 9.17) is 0 Å².